The van der Waals surface area contributed by atoms with E-state index in [0.29, 0.717) is 17.6 Å². The summed E-state index contributed by atoms with van der Waals surface area (Å²) in [4.78, 5) is 37.0. The molecule has 16 heterocycles. The molecule has 0 saturated heterocycles. The Morgan fingerprint density at radius 1 is 0.413 bits per heavy atom. The van der Waals surface area contributed by atoms with E-state index >= 15 is 0 Å². The van der Waals surface area contributed by atoms with Gasteiger partial charge >= 0.3 is 29.3 Å². The maximum Gasteiger partial charge on any atom is 0.366 e. The maximum absolute atomic E-state index is 7.73. The van der Waals surface area contributed by atoms with Crippen molar-refractivity contribution in [1.82, 2.24) is 84.1 Å². The van der Waals surface area contributed by atoms with Gasteiger partial charge in [-0.1, -0.05) is 48.5 Å². The van der Waals surface area contributed by atoms with Crippen LogP contribution in [0.4, 0.5) is 35.2 Å². The number of fused-ring (bicyclic) bond motifs is 11. The van der Waals surface area contributed by atoms with Crippen LogP contribution in [0.1, 0.15) is 60.3 Å². The summed E-state index contributed by atoms with van der Waals surface area (Å²) in [6.07, 6.45) is 28.2. The fourth-order valence-electron chi connectivity index (χ4n) is 16.9. The van der Waals surface area contributed by atoms with Crippen LogP contribution in [0.2, 0.25) is 0 Å². The highest BCUT2D eigenvalue weighted by Crippen LogP contribution is 2.37. The van der Waals surface area contributed by atoms with Crippen LogP contribution in [0, 0.1) is 34.5 Å². The van der Waals surface area contributed by atoms with Crippen molar-refractivity contribution in [1.29, 1.82) is 0 Å². The molecular weight excluding hydrogens is 1370 g/mol. The lowest BCUT2D eigenvalue weighted by atomic mass is 10.3. The number of aromatic nitrogens is 20. The van der Waals surface area contributed by atoms with Crippen molar-refractivity contribution >= 4 is 102 Å². The highest BCUT2D eigenvalue weighted by molar-refractivity contribution is 5.84. The largest absolute Gasteiger partial charge is 0.366 e. The predicted octanol–water partition coefficient (Wildman–Crippen LogP) is 9.83. The SMILES string of the molecule is C[C@H]1N(C)C=CN1c1ccn(-c2cn3c4ccccc4nc3n2C)[n+]1C.Cc1c(N2C=CN(c3n(C)c4ccccc4[n+]3C)[C@@H]2C)n(C)c2nc3ccccc3n12.Cc1c(N2C=CN(c3n(C)cc[n+]3C)[C@@H]2C)n(C)c2nc3ccccc3n12.[2H]C([2H])([2H])c1nc2n(C)c(-[n+]3ccc(N4C=CN(C)[C@@H]4C)n3C)c(C)n2c1C. The van der Waals surface area contributed by atoms with Gasteiger partial charge in [-0.15, -0.1) is 4.68 Å². The molecule has 0 saturated carbocycles. The number of para-hydroxylation sites is 8. The van der Waals surface area contributed by atoms with E-state index in [9.17, 15) is 0 Å². The van der Waals surface area contributed by atoms with Crippen molar-refractivity contribution in [2.24, 2.45) is 70.5 Å². The second-order valence-electron chi connectivity index (χ2n) is 29.2. The van der Waals surface area contributed by atoms with Gasteiger partial charge in [-0.3, -0.25) is 41.1 Å². The molecule has 4 aromatic carbocycles. The van der Waals surface area contributed by atoms with Gasteiger partial charge in [0.25, 0.3) is 0 Å². The normalized spacial score (nSPS) is 17.6. The van der Waals surface area contributed by atoms with E-state index in [1.54, 1.807) is 0 Å². The van der Waals surface area contributed by atoms with Crippen molar-refractivity contribution in [3.05, 3.63) is 218 Å². The van der Waals surface area contributed by atoms with E-state index in [1.165, 1.54) is 22.4 Å². The molecule has 0 N–H and O–H groups in total. The summed E-state index contributed by atoms with van der Waals surface area (Å²) in [7, 11) is 24.8. The van der Waals surface area contributed by atoms with Crippen molar-refractivity contribution in [2.45, 2.75) is 86.9 Å². The molecule has 28 heteroatoms. The number of nitrogens with zero attached hydrogens (tertiary/aromatic N) is 28. The summed E-state index contributed by atoms with van der Waals surface area (Å²) in [5, 5.41) is 0. The molecule has 16 aromatic rings. The number of hydrogen-bond acceptors (Lipinski definition) is 12. The number of benzene rings is 4. The van der Waals surface area contributed by atoms with Crippen molar-refractivity contribution in [3.63, 3.8) is 0 Å². The van der Waals surface area contributed by atoms with Crippen LogP contribution in [0.15, 0.2) is 190 Å². The third kappa shape index (κ3) is 10.4. The molecule has 20 rings (SSSR count). The average Bonchev–Trinajstić information content (AvgIpc) is 1.59. The summed E-state index contributed by atoms with van der Waals surface area (Å²) in [6, 6.07) is 37.6. The van der Waals surface area contributed by atoms with Crippen molar-refractivity contribution in [2.75, 3.05) is 43.5 Å². The molecule has 0 bridgehead atoms. The van der Waals surface area contributed by atoms with Gasteiger partial charge in [-0.2, -0.15) is 23.6 Å². The van der Waals surface area contributed by atoms with Crippen LogP contribution < -0.4 is 47.9 Å². The molecule has 4 aliphatic heterocycles. The van der Waals surface area contributed by atoms with Crippen LogP contribution in [0.25, 0.3) is 78.9 Å². The first kappa shape index (κ1) is 65.6. The molecule has 558 valence electrons. The fourth-order valence-corrected chi connectivity index (χ4v) is 16.9. The maximum atomic E-state index is 7.73. The second kappa shape index (κ2) is 25.7. The van der Waals surface area contributed by atoms with Gasteiger partial charge in [0, 0.05) is 89.2 Å². The first-order chi connectivity index (χ1) is 53.6. The summed E-state index contributed by atoms with van der Waals surface area (Å²) in [5.74, 6) is 12.3. The van der Waals surface area contributed by atoms with Gasteiger partial charge in [0.2, 0.25) is 17.3 Å². The second-order valence-corrected chi connectivity index (χ2v) is 29.2. The lowest BCUT2D eigenvalue weighted by Crippen LogP contribution is -2.46. The number of anilines is 6. The molecule has 0 spiro atoms. The van der Waals surface area contributed by atoms with Crippen LogP contribution in [-0.2, 0) is 70.5 Å². The van der Waals surface area contributed by atoms with E-state index in [4.69, 9.17) is 19.1 Å². The van der Waals surface area contributed by atoms with Crippen molar-refractivity contribution in [3.8, 4) is 11.6 Å². The van der Waals surface area contributed by atoms with Crippen LogP contribution >= 0.6 is 0 Å². The van der Waals surface area contributed by atoms with Gasteiger partial charge in [0.15, 0.2) is 30.1 Å². The molecule has 0 radical (unpaired) electrons. The Labute approximate surface area is 636 Å². The molecule has 0 amide bonds. The summed E-state index contributed by atoms with van der Waals surface area (Å²) >= 11 is 0. The summed E-state index contributed by atoms with van der Waals surface area (Å²) < 4.78 is 57.5. The van der Waals surface area contributed by atoms with Gasteiger partial charge in [-0.05, 0) is 111 Å². The minimum atomic E-state index is -2.22. The highest BCUT2D eigenvalue weighted by atomic mass is 15.5. The minimum Gasteiger partial charge on any atom is -0.359 e. The number of imidazole rings is 10. The molecule has 109 heavy (non-hydrogen) atoms. The van der Waals surface area contributed by atoms with Gasteiger partial charge in [0.1, 0.15) is 54.0 Å². The number of hydrogen-bond donors (Lipinski definition) is 0. The molecule has 0 aliphatic carbocycles. The number of rotatable bonds is 8. The van der Waals surface area contributed by atoms with E-state index in [2.05, 4.69) is 379 Å². The van der Waals surface area contributed by atoms with Gasteiger partial charge in [0.05, 0.1) is 129 Å². The smallest absolute Gasteiger partial charge is 0.359 e. The molecule has 0 unspecified atom stereocenters. The molecule has 0 fully saturated rings. The average molecular weight is 1470 g/mol. The first-order valence-corrected chi connectivity index (χ1v) is 36.9. The predicted molar refractivity (Wildman–Crippen MR) is 429 cm³/mol. The first-order valence-electron chi connectivity index (χ1n) is 38.4. The Kier molecular flexibility index (Phi) is 15.5. The Bertz CT molecular complexity index is 6480. The quantitative estimate of drug-likeness (QED) is 0.133. The van der Waals surface area contributed by atoms with E-state index in [-0.39, 0.29) is 24.2 Å². The van der Waals surface area contributed by atoms with Crippen molar-refractivity contribution < 1.29 is 22.6 Å². The summed E-state index contributed by atoms with van der Waals surface area (Å²) in [6.45, 7) is 14.7. The molecular formula is C81H98N28+4. The lowest BCUT2D eigenvalue weighted by molar-refractivity contribution is -0.733. The molecule has 4 atom stereocenters. The van der Waals surface area contributed by atoms with E-state index < -0.39 is 6.85 Å². The fraction of sp³-hybridized carbons (Fsp3) is 0.309. The third-order valence-corrected chi connectivity index (χ3v) is 23.1. The van der Waals surface area contributed by atoms with E-state index in [0.717, 1.165) is 103 Å². The topological polar surface area (TPSA) is 150 Å². The van der Waals surface area contributed by atoms with Crippen LogP contribution in [-0.4, -0.2) is 123 Å². The van der Waals surface area contributed by atoms with E-state index in [1.807, 2.05) is 67.4 Å². The Morgan fingerprint density at radius 2 is 0.917 bits per heavy atom. The Balaban J connectivity index is 0.000000109. The molecule has 28 nitrogen and oxygen atoms in total. The lowest BCUT2D eigenvalue weighted by Gasteiger charge is -2.26. The Morgan fingerprint density at radius 3 is 1.46 bits per heavy atom. The number of aryl methyl sites for hydroxylation is 13. The minimum absolute atomic E-state index is 0.123. The highest BCUT2D eigenvalue weighted by Gasteiger charge is 2.40. The summed E-state index contributed by atoms with van der Waals surface area (Å²) in [5.41, 5.74) is 13.1. The Hall–Kier alpha value is -12.9. The van der Waals surface area contributed by atoms with Gasteiger partial charge < -0.3 is 14.7 Å². The molecule has 12 aromatic heterocycles. The standard InChI is InChI=1S/C24H26N7.C20H24N7.C19H22N7.C18H26N7/c1-16-22(28(5)23-25-18-10-6-7-11-19(18)31(16)23)29-14-15-30(17(29)2)24-26(3)20-12-8-9-13-21(20)27(24)4;1-14-18(24(5)19-21-16-8-6-7-9-17(16)27(14)19)25-12-13-26(15(25)2)20-22(3)10-11-23(20)4;1-14-21(2)11-12-24(14)17-9-10-26(23(17)4)18-13-25-16-8-6-5-7-15(16)20-19(25)22(18)3;1-12-13(2)25-14(3)17(21(6)18(25)19-12)24-9-8-16(22(24)7)23-11-10-20(5)15(23)4/h6-15,17H,1-5H3;6-13,15H,1-5H3;5-14H,1-4H3;8-11,15H,1-7H3/q4*+1/t17-;15-;14-;15-/m1100/s1/i;;;1D3. The zero-order valence-electron chi connectivity index (χ0n) is 68.7. The zero-order valence-corrected chi connectivity index (χ0v) is 65.7. The van der Waals surface area contributed by atoms with Gasteiger partial charge in [-0.25, -0.2) is 47.9 Å². The zero-order chi connectivity index (χ0) is 78.8. The van der Waals surface area contributed by atoms with Crippen LogP contribution in [0.5, 0.6) is 0 Å². The van der Waals surface area contributed by atoms with Crippen LogP contribution in [0.3, 0.4) is 0 Å². The monoisotopic (exact) mass is 1470 g/mol. The molecule has 4 aliphatic rings. The third-order valence-electron chi connectivity index (χ3n) is 23.1.